The smallest absolute Gasteiger partial charge is 0.300 e. The quantitative estimate of drug-likeness (QED) is 0.262. The number of hydrogen-bond donors (Lipinski definition) is 5. The number of carboxylic acids is 1. The number of hydrogen-bond acceptors (Lipinski definition) is 5. The van der Waals surface area contributed by atoms with Gasteiger partial charge in [-0.05, 0) is 36.5 Å². The molecule has 152 valence electrons. The Morgan fingerprint density at radius 3 is 2.32 bits per heavy atom. The number of carbonyl (C=O) groups excluding carboxylic acids is 1. The molecule has 2 rings (SSSR count). The van der Waals surface area contributed by atoms with Gasteiger partial charge in [-0.1, -0.05) is 40.9 Å². The summed E-state index contributed by atoms with van der Waals surface area (Å²) < 4.78 is 3.10. The fraction of sp³-hybridized carbons (Fsp3) is 0.188. The normalized spacial score (nSPS) is 11.4. The monoisotopic (exact) mass is 467 g/mol. The molecule has 1 heterocycles. The summed E-state index contributed by atoms with van der Waals surface area (Å²) in [6.45, 7) is 1.08. The standard InChI is InChI=1S/C14H12Cl3N3O3S.C2H4O2/c15-14(16,17)12(19-11(22)10-5-2-6-23-10)20-13(24)18-8-3-1-4-9(21)7-8;1-2(3)4/h1-7,12,21H,(H,19,22)(H2,18,20,24);1H3,(H,3,4). The van der Waals surface area contributed by atoms with Crippen molar-refractivity contribution >= 4 is 69.7 Å². The van der Waals surface area contributed by atoms with Gasteiger partial charge in [0.15, 0.2) is 10.9 Å². The molecular weight excluding hydrogens is 453 g/mol. The van der Waals surface area contributed by atoms with Crippen LogP contribution in [-0.4, -0.2) is 37.2 Å². The summed E-state index contributed by atoms with van der Waals surface area (Å²) in [6, 6.07) is 9.30. The SMILES string of the molecule is CC(=O)O.O=C(NC(NC(=S)Nc1cccc(O)c1)C(Cl)(Cl)Cl)c1ccco1. The van der Waals surface area contributed by atoms with Gasteiger partial charge in [-0.25, -0.2) is 0 Å². The van der Waals surface area contributed by atoms with Gasteiger partial charge in [-0.3, -0.25) is 9.59 Å². The molecule has 1 aromatic heterocycles. The first-order chi connectivity index (χ1) is 13.0. The van der Waals surface area contributed by atoms with Crippen molar-refractivity contribution in [2.24, 2.45) is 0 Å². The summed E-state index contributed by atoms with van der Waals surface area (Å²) in [4.78, 5) is 21.0. The van der Waals surface area contributed by atoms with Gasteiger partial charge in [0, 0.05) is 18.7 Å². The molecule has 0 saturated carbocycles. The van der Waals surface area contributed by atoms with Crippen LogP contribution in [0.15, 0.2) is 47.1 Å². The van der Waals surface area contributed by atoms with E-state index in [4.69, 9.17) is 61.3 Å². The second-order valence-corrected chi connectivity index (χ2v) is 7.87. The third kappa shape index (κ3) is 9.14. The van der Waals surface area contributed by atoms with Crippen LogP contribution in [0.25, 0.3) is 0 Å². The van der Waals surface area contributed by atoms with Crippen LogP contribution in [0.2, 0.25) is 0 Å². The number of aromatic hydroxyl groups is 1. The number of rotatable bonds is 4. The average Bonchev–Trinajstić information content (AvgIpc) is 3.07. The highest BCUT2D eigenvalue weighted by Gasteiger charge is 2.35. The van der Waals surface area contributed by atoms with Gasteiger partial charge < -0.3 is 30.6 Å². The Morgan fingerprint density at radius 1 is 1.18 bits per heavy atom. The van der Waals surface area contributed by atoms with E-state index in [9.17, 15) is 9.90 Å². The maximum Gasteiger partial charge on any atom is 0.300 e. The molecule has 0 aliphatic heterocycles. The number of phenolic OH excluding ortho intramolecular Hbond substituents is 1. The zero-order valence-corrected chi connectivity index (χ0v) is 17.4. The number of carbonyl (C=O) groups is 2. The zero-order chi connectivity index (χ0) is 21.3. The minimum absolute atomic E-state index is 0.0582. The number of amides is 1. The Kier molecular flexibility index (Phi) is 9.33. The van der Waals surface area contributed by atoms with Gasteiger partial charge in [0.05, 0.1) is 6.26 Å². The summed E-state index contributed by atoms with van der Waals surface area (Å²) in [5, 5.41) is 24.9. The lowest BCUT2D eigenvalue weighted by Crippen LogP contribution is -2.56. The zero-order valence-electron chi connectivity index (χ0n) is 14.3. The predicted molar refractivity (Wildman–Crippen MR) is 111 cm³/mol. The molecule has 1 aromatic carbocycles. The largest absolute Gasteiger partial charge is 0.508 e. The maximum absolute atomic E-state index is 12.0. The first-order valence-corrected chi connectivity index (χ1v) is 9.00. The number of thiocarbonyl (C=S) groups is 1. The number of furan rings is 1. The minimum Gasteiger partial charge on any atom is -0.508 e. The molecule has 1 amide bonds. The molecule has 5 N–H and O–H groups in total. The molecule has 12 heteroatoms. The fourth-order valence-electron chi connectivity index (χ4n) is 1.69. The van der Waals surface area contributed by atoms with Crippen molar-refractivity contribution in [3.63, 3.8) is 0 Å². The third-order valence-electron chi connectivity index (χ3n) is 2.73. The lowest BCUT2D eigenvalue weighted by Gasteiger charge is -2.27. The van der Waals surface area contributed by atoms with Crippen LogP contribution in [0, 0.1) is 0 Å². The van der Waals surface area contributed by atoms with Crippen molar-refractivity contribution in [1.29, 1.82) is 0 Å². The summed E-state index contributed by atoms with van der Waals surface area (Å²) in [5.41, 5.74) is 0.521. The Hall–Kier alpha value is -2.20. The number of anilines is 1. The van der Waals surface area contributed by atoms with Crippen molar-refractivity contribution in [2.45, 2.75) is 16.9 Å². The Balaban J connectivity index is 0.000000892. The third-order valence-corrected chi connectivity index (χ3v) is 3.60. The number of nitrogens with one attached hydrogen (secondary N) is 3. The van der Waals surface area contributed by atoms with Crippen LogP contribution < -0.4 is 16.0 Å². The molecule has 0 aliphatic carbocycles. The summed E-state index contributed by atoms with van der Waals surface area (Å²) >= 11 is 22.7. The predicted octanol–water partition coefficient (Wildman–Crippen LogP) is 3.49. The van der Waals surface area contributed by atoms with Gasteiger partial charge in [0.1, 0.15) is 11.9 Å². The van der Waals surface area contributed by atoms with Crippen LogP contribution in [0.5, 0.6) is 5.75 Å². The Labute approximate surface area is 180 Å². The van der Waals surface area contributed by atoms with Gasteiger partial charge in [-0.2, -0.15) is 0 Å². The number of phenols is 1. The summed E-state index contributed by atoms with van der Waals surface area (Å²) in [7, 11) is 0. The molecule has 1 unspecified atom stereocenters. The van der Waals surface area contributed by atoms with Crippen molar-refractivity contribution < 1.29 is 24.2 Å². The van der Waals surface area contributed by atoms with Crippen LogP contribution in [0.3, 0.4) is 0 Å². The highest BCUT2D eigenvalue weighted by atomic mass is 35.6. The number of aliphatic carboxylic acids is 1. The fourth-order valence-corrected chi connectivity index (χ4v) is 2.25. The lowest BCUT2D eigenvalue weighted by atomic mass is 10.3. The summed E-state index contributed by atoms with van der Waals surface area (Å²) in [5.74, 6) is -1.29. The van der Waals surface area contributed by atoms with Crippen molar-refractivity contribution in [2.75, 3.05) is 5.32 Å². The molecule has 8 nitrogen and oxygen atoms in total. The second kappa shape index (κ2) is 11.0. The minimum atomic E-state index is -1.88. The molecule has 0 saturated heterocycles. The van der Waals surface area contributed by atoms with Gasteiger partial charge in [-0.15, -0.1) is 0 Å². The van der Waals surface area contributed by atoms with Gasteiger partial charge >= 0.3 is 0 Å². The average molecular weight is 469 g/mol. The first-order valence-electron chi connectivity index (χ1n) is 7.46. The number of carboxylic acid groups (broad SMARTS) is 1. The van der Waals surface area contributed by atoms with E-state index >= 15 is 0 Å². The van der Waals surface area contributed by atoms with E-state index in [1.807, 2.05) is 0 Å². The van der Waals surface area contributed by atoms with E-state index in [1.165, 1.54) is 24.5 Å². The van der Waals surface area contributed by atoms with E-state index < -0.39 is 21.8 Å². The Bertz CT molecular complexity index is 808. The van der Waals surface area contributed by atoms with E-state index in [0.29, 0.717) is 5.69 Å². The molecule has 0 spiro atoms. The Morgan fingerprint density at radius 2 is 1.82 bits per heavy atom. The highest BCUT2D eigenvalue weighted by Crippen LogP contribution is 2.29. The van der Waals surface area contributed by atoms with Gasteiger partial charge in [0.2, 0.25) is 3.79 Å². The van der Waals surface area contributed by atoms with Crippen LogP contribution in [0.1, 0.15) is 17.5 Å². The van der Waals surface area contributed by atoms with Crippen LogP contribution >= 0.6 is 47.0 Å². The molecular formula is C16H16Cl3N3O5S. The van der Waals surface area contributed by atoms with Crippen LogP contribution in [0.4, 0.5) is 5.69 Å². The molecule has 1 atom stereocenters. The van der Waals surface area contributed by atoms with Crippen molar-refractivity contribution in [3.05, 3.63) is 48.4 Å². The number of halogens is 3. The van der Waals surface area contributed by atoms with E-state index in [-0.39, 0.29) is 16.6 Å². The number of benzene rings is 1. The molecule has 2 aromatic rings. The number of alkyl halides is 3. The lowest BCUT2D eigenvalue weighted by molar-refractivity contribution is -0.134. The molecule has 28 heavy (non-hydrogen) atoms. The molecule has 0 fully saturated rings. The maximum atomic E-state index is 12.0. The van der Waals surface area contributed by atoms with Crippen LogP contribution in [-0.2, 0) is 4.79 Å². The molecule has 0 aliphatic rings. The highest BCUT2D eigenvalue weighted by molar-refractivity contribution is 7.80. The second-order valence-electron chi connectivity index (χ2n) is 5.09. The summed E-state index contributed by atoms with van der Waals surface area (Å²) in [6.07, 6.45) is 0.221. The molecule has 0 bridgehead atoms. The van der Waals surface area contributed by atoms with E-state index in [2.05, 4.69) is 16.0 Å². The molecule has 0 radical (unpaired) electrons. The van der Waals surface area contributed by atoms with E-state index in [0.717, 1.165) is 6.92 Å². The van der Waals surface area contributed by atoms with Crippen molar-refractivity contribution in [3.8, 4) is 5.75 Å². The van der Waals surface area contributed by atoms with Crippen molar-refractivity contribution in [1.82, 2.24) is 10.6 Å². The van der Waals surface area contributed by atoms with Gasteiger partial charge in [0.25, 0.3) is 11.9 Å². The topological polar surface area (TPSA) is 124 Å². The first kappa shape index (κ1) is 23.8. The van der Waals surface area contributed by atoms with E-state index in [1.54, 1.807) is 18.2 Å².